The number of aromatic nitrogens is 5. The third kappa shape index (κ3) is 1.91. The van der Waals surface area contributed by atoms with Crippen LogP contribution in [0.4, 0.5) is 0 Å². The van der Waals surface area contributed by atoms with E-state index in [9.17, 15) is 4.79 Å². The van der Waals surface area contributed by atoms with Gasteiger partial charge in [0.1, 0.15) is 6.54 Å². The van der Waals surface area contributed by atoms with Gasteiger partial charge in [-0.25, -0.2) is 0 Å². The van der Waals surface area contributed by atoms with Crippen molar-refractivity contribution in [1.29, 1.82) is 0 Å². The Hall–Kier alpha value is -2.18. The summed E-state index contributed by atoms with van der Waals surface area (Å²) in [6, 6.07) is 1.81. The second kappa shape index (κ2) is 4.00. The second-order valence-corrected chi connectivity index (χ2v) is 4.01. The van der Waals surface area contributed by atoms with Gasteiger partial charge in [-0.2, -0.15) is 5.10 Å². The zero-order chi connectivity index (χ0) is 11.7. The molecule has 0 spiro atoms. The van der Waals surface area contributed by atoms with E-state index in [4.69, 9.17) is 0 Å². The van der Waals surface area contributed by atoms with Crippen LogP contribution in [0.15, 0.2) is 18.5 Å². The molecular formula is C10H12N6O. The van der Waals surface area contributed by atoms with Crippen molar-refractivity contribution >= 4 is 5.91 Å². The topological polar surface area (TPSA) is 79.7 Å². The molecule has 3 rings (SSSR count). The van der Waals surface area contributed by atoms with Crippen LogP contribution in [-0.4, -0.2) is 42.5 Å². The largest absolute Gasteiger partial charge is 0.335 e. The first-order valence-corrected chi connectivity index (χ1v) is 5.47. The van der Waals surface area contributed by atoms with Crippen LogP contribution in [-0.2, 0) is 24.3 Å². The number of amides is 1. The van der Waals surface area contributed by atoms with Crippen molar-refractivity contribution in [2.75, 3.05) is 6.54 Å². The molecular weight excluding hydrogens is 220 g/mol. The number of hydrogen-bond acceptors (Lipinski definition) is 4. The molecule has 0 unspecified atom stereocenters. The first-order valence-electron chi connectivity index (χ1n) is 5.47. The monoisotopic (exact) mass is 232 g/mol. The summed E-state index contributed by atoms with van der Waals surface area (Å²) in [4.78, 5) is 13.8. The van der Waals surface area contributed by atoms with Crippen LogP contribution < -0.4 is 0 Å². The maximum absolute atomic E-state index is 12.0. The maximum Gasteiger partial charge on any atom is 0.244 e. The predicted octanol–water partition coefficient (Wildman–Crippen LogP) is -0.414. The lowest BCUT2D eigenvalue weighted by molar-refractivity contribution is -0.133. The van der Waals surface area contributed by atoms with Crippen LogP contribution in [0.5, 0.6) is 0 Å². The molecule has 0 aromatic carbocycles. The Bertz CT molecular complexity index is 517. The second-order valence-electron chi connectivity index (χ2n) is 4.01. The summed E-state index contributed by atoms with van der Waals surface area (Å²) in [5, 5.41) is 14.6. The van der Waals surface area contributed by atoms with Gasteiger partial charge in [-0.15, -0.1) is 5.10 Å². The first kappa shape index (κ1) is 10.0. The van der Waals surface area contributed by atoms with Gasteiger partial charge in [0, 0.05) is 25.4 Å². The van der Waals surface area contributed by atoms with E-state index >= 15 is 0 Å². The first-order chi connectivity index (χ1) is 8.33. The smallest absolute Gasteiger partial charge is 0.244 e. The van der Waals surface area contributed by atoms with Crippen LogP contribution in [0.1, 0.15) is 11.4 Å². The molecule has 7 heteroatoms. The van der Waals surface area contributed by atoms with Crippen LogP contribution in [0.25, 0.3) is 0 Å². The molecule has 0 fully saturated rings. The summed E-state index contributed by atoms with van der Waals surface area (Å²) in [6.07, 6.45) is 4.21. The van der Waals surface area contributed by atoms with Crippen molar-refractivity contribution < 1.29 is 4.79 Å². The number of rotatable bonds is 2. The van der Waals surface area contributed by atoms with Gasteiger partial charge in [0.05, 0.1) is 17.9 Å². The molecule has 1 N–H and O–H groups in total. The summed E-state index contributed by atoms with van der Waals surface area (Å²) in [7, 11) is 0. The fraction of sp³-hybridized carbons (Fsp3) is 0.400. The lowest BCUT2D eigenvalue weighted by Gasteiger charge is -2.25. The third-order valence-corrected chi connectivity index (χ3v) is 2.88. The number of aromatic amines is 1. The summed E-state index contributed by atoms with van der Waals surface area (Å²) in [5.74, 6) is 0.0638. The van der Waals surface area contributed by atoms with Crippen molar-refractivity contribution in [3.05, 3.63) is 29.8 Å². The van der Waals surface area contributed by atoms with Gasteiger partial charge in [-0.1, -0.05) is 5.21 Å². The van der Waals surface area contributed by atoms with Gasteiger partial charge in [0.2, 0.25) is 5.91 Å². The minimum absolute atomic E-state index is 0.0638. The Balaban J connectivity index is 1.68. The summed E-state index contributed by atoms with van der Waals surface area (Å²) >= 11 is 0. The Labute approximate surface area is 97.4 Å². The number of nitrogens with one attached hydrogen (secondary N) is 1. The minimum Gasteiger partial charge on any atom is -0.335 e. The summed E-state index contributed by atoms with van der Waals surface area (Å²) in [5.41, 5.74) is 1.90. The Kier molecular flexibility index (Phi) is 2.36. The van der Waals surface area contributed by atoms with E-state index in [0.717, 1.165) is 17.8 Å². The summed E-state index contributed by atoms with van der Waals surface area (Å²) in [6.45, 7) is 1.53. The zero-order valence-electron chi connectivity index (χ0n) is 9.20. The van der Waals surface area contributed by atoms with E-state index in [0.29, 0.717) is 13.1 Å². The molecule has 1 aliphatic rings. The van der Waals surface area contributed by atoms with Gasteiger partial charge in [-0.3, -0.25) is 14.6 Å². The lowest BCUT2D eigenvalue weighted by atomic mass is 10.1. The molecule has 2 aromatic heterocycles. The van der Waals surface area contributed by atoms with E-state index in [1.54, 1.807) is 28.0 Å². The fourth-order valence-corrected chi connectivity index (χ4v) is 1.95. The van der Waals surface area contributed by atoms with Crippen LogP contribution >= 0.6 is 0 Å². The fourth-order valence-electron chi connectivity index (χ4n) is 1.95. The minimum atomic E-state index is 0.0638. The zero-order valence-corrected chi connectivity index (χ0v) is 9.20. The molecule has 1 amide bonds. The highest BCUT2D eigenvalue weighted by molar-refractivity contribution is 5.76. The van der Waals surface area contributed by atoms with E-state index in [2.05, 4.69) is 20.5 Å². The molecule has 0 saturated heterocycles. The SMILES string of the molecule is O=C(Cn1cccn1)N1CCc2nn[nH]c2C1. The van der Waals surface area contributed by atoms with Gasteiger partial charge in [-0.05, 0) is 6.07 Å². The van der Waals surface area contributed by atoms with Gasteiger partial charge >= 0.3 is 0 Å². The van der Waals surface area contributed by atoms with Gasteiger partial charge in [0.15, 0.2) is 0 Å². The van der Waals surface area contributed by atoms with Gasteiger partial charge < -0.3 is 4.90 Å². The number of carbonyl (C=O) groups is 1. The molecule has 0 bridgehead atoms. The number of H-pyrrole nitrogens is 1. The molecule has 0 saturated carbocycles. The molecule has 0 aliphatic carbocycles. The van der Waals surface area contributed by atoms with E-state index < -0.39 is 0 Å². The molecule has 0 radical (unpaired) electrons. The van der Waals surface area contributed by atoms with Crippen molar-refractivity contribution in [1.82, 2.24) is 30.1 Å². The molecule has 1 aliphatic heterocycles. The molecule has 7 nitrogen and oxygen atoms in total. The lowest BCUT2D eigenvalue weighted by Crippen LogP contribution is -2.38. The molecule has 17 heavy (non-hydrogen) atoms. The van der Waals surface area contributed by atoms with Crippen LogP contribution in [0.2, 0.25) is 0 Å². The normalized spacial score (nSPS) is 14.7. The van der Waals surface area contributed by atoms with Gasteiger partial charge in [0.25, 0.3) is 0 Å². The van der Waals surface area contributed by atoms with Crippen LogP contribution in [0.3, 0.4) is 0 Å². The highest BCUT2D eigenvalue weighted by Crippen LogP contribution is 2.14. The van der Waals surface area contributed by atoms with Crippen molar-refractivity contribution in [3.63, 3.8) is 0 Å². The molecule has 2 aromatic rings. The average Bonchev–Trinajstić information content (AvgIpc) is 2.97. The number of carbonyl (C=O) groups excluding carboxylic acids is 1. The Morgan fingerprint density at radius 2 is 2.47 bits per heavy atom. The highest BCUT2D eigenvalue weighted by atomic mass is 16.2. The third-order valence-electron chi connectivity index (χ3n) is 2.88. The van der Waals surface area contributed by atoms with E-state index in [1.807, 2.05) is 0 Å². The molecule has 3 heterocycles. The standard InChI is InChI=1S/C10H12N6O/c17-10(7-16-4-1-3-11-16)15-5-2-8-9(6-15)13-14-12-8/h1,3-4H,2,5-7H2,(H,12,13,14). The molecule has 0 atom stereocenters. The number of nitrogens with zero attached hydrogens (tertiary/aromatic N) is 5. The quantitative estimate of drug-likeness (QED) is 0.763. The van der Waals surface area contributed by atoms with Crippen molar-refractivity contribution in [2.24, 2.45) is 0 Å². The predicted molar refractivity (Wildman–Crippen MR) is 57.7 cm³/mol. The van der Waals surface area contributed by atoms with E-state index in [-0.39, 0.29) is 12.5 Å². The van der Waals surface area contributed by atoms with Crippen LogP contribution in [0, 0.1) is 0 Å². The number of hydrogen-bond donors (Lipinski definition) is 1. The average molecular weight is 232 g/mol. The van der Waals surface area contributed by atoms with E-state index in [1.165, 1.54) is 0 Å². The van der Waals surface area contributed by atoms with Crippen molar-refractivity contribution in [2.45, 2.75) is 19.5 Å². The molecule has 88 valence electrons. The Morgan fingerprint density at radius 3 is 3.29 bits per heavy atom. The Morgan fingerprint density at radius 1 is 1.53 bits per heavy atom. The van der Waals surface area contributed by atoms with Crippen molar-refractivity contribution in [3.8, 4) is 0 Å². The highest BCUT2D eigenvalue weighted by Gasteiger charge is 2.22. The summed E-state index contributed by atoms with van der Waals surface area (Å²) < 4.78 is 1.63. The maximum atomic E-state index is 12.0. The number of fused-ring (bicyclic) bond motifs is 1.